The van der Waals surface area contributed by atoms with E-state index >= 15 is 0 Å². The van der Waals surface area contributed by atoms with Gasteiger partial charge in [0.1, 0.15) is 0 Å². The van der Waals surface area contributed by atoms with Crippen LogP contribution in [0.2, 0.25) is 0 Å². The van der Waals surface area contributed by atoms with Crippen LogP contribution in [0, 0.1) is 0 Å². The van der Waals surface area contributed by atoms with Gasteiger partial charge in [-0.2, -0.15) is 4.31 Å². The van der Waals surface area contributed by atoms with Crippen LogP contribution in [0.1, 0.15) is 17.8 Å². The first-order chi connectivity index (χ1) is 9.34. The van der Waals surface area contributed by atoms with E-state index in [-0.39, 0.29) is 10.9 Å². The highest BCUT2D eigenvalue weighted by molar-refractivity contribution is 9.10. The molecule has 0 bridgehead atoms. The number of nitrogens with zero attached hydrogens (tertiary/aromatic N) is 1. The van der Waals surface area contributed by atoms with Crippen molar-refractivity contribution in [1.82, 2.24) is 4.31 Å². The average Bonchev–Trinajstić information content (AvgIpc) is 2.93. The van der Waals surface area contributed by atoms with Gasteiger partial charge in [0.15, 0.2) is 0 Å². The minimum atomic E-state index is -3.60. The van der Waals surface area contributed by atoms with E-state index in [4.69, 9.17) is 5.73 Å². The first kappa shape index (κ1) is 15.5. The molecule has 2 aromatic rings. The molecule has 0 saturated heterocycles. The highest BCUT2D eigenvalue weighted by Crippen LogP contribution is 2.32. The summed E-state index contributed by atoms with van der Waals surface area (Å²) in [4.78, 5) is 1.18. The number of sulfonamides is 1. The summed E-state index contributed by atoms with van der Waals surface area (Å²) >= 11 is 4.81. The van der Waals surface area contributed by atoms with Crippen molar-refractivity contribution in [2.75, 3.05) is 12.8 Å². The van der Waals surface area contributed by atoms with E-state index in [9.17, 15) is 8.42 Å². The van der Waals surface area contributed by atoms with Crippen molar-refractivity contribution < 1.29 is 8.42 Å². The molecule has 1 unspecified atom stereocenters. The minimum Gasteiger partial charge on any atom is -0.399 e. The Morgan fingerprint density at radius 3 is 2.65 bits per heavy atom. The molecule has 1 aromatic heterocycles. The van der Waals surface area contributed by atoms with Crippen molar-refractivity contribution in [3.8, 4) is 0 Å². The molecule has 0 aliphatic carbocycles. The number of hydrogen-bond donors (Lipinski definition) is 1. The van der Waals surface area contributed by atoms with Crippen molar-refractivity contribution in [3.63, 3.8) is 0 Å². The second-order valence-electron chi connectivity index (χ2n) is 4.40. The van der Waals surface area contributed by atoms with Gasteiger partial charge in [-0.15, -0.1) is 11.3 Å². The molecule has 7 heteroatoms. The molecule has 1 heterocycles. The minimum absolute atomic E-state index is 0.184. The van der Waals surface area contributed by atoms with Gasteiger partial charge in [0, 0.05) is 22.1 Å². The van der Waals surface area contributed by atoms with Gasteiger partial charge in [0.25, 0.3) is 0 Å². The number of benzene rings is 1. The highest BCUT2D eigenvalue weighted by Gasteiger charge is 2.28. The number of halogens is 1. The fourth-order valence-electron chi connectivity index (χ4n) is 1.79. The third-order valence-corrected chi connectivity index (χ3v) is 7.08. The molecule has 108 valence electrons. The van der Waals surface area contributed by atoms with Crippen molar-refractivity contribution in [2.24, 2.45) is 0 Å². The number of rotatable bonds is 4. The lowest BCUT2D eigenvalue weighted by atomic mass is 10.3. The lowest BCUT2D eigenvalue weighted by molar-refractivity contribution is 0.402. The maximum absolute atomic E-state index is 12.7. The smallest absolute Gasteiger partial charge is 0.244 e. The lowest BCUT2D eigenvalue weighted by Gasteiger charge is -2.24. The Balaban J connectivity index is 2.42. The Morgan fingerprint density at radius 2 is 2.05 bits per heavy atom. The summed E-state index contributed by atoms with van der Waals surface area (Å²) < 4.78 is 27.2. The number of nitrogens with two attached hydrogens (primary N) is 1. The van der Waals surface area contributed by atoms with Crippen LogP contribution in [0.15, 0.2) is 45.1 Å². The van der Waals surface area contributed by atoms with E-state index in [0.29, 0.717) is 10.2 Å². The zero-order valence-electron chi connectivity index (χ0n) is 11.1. The second kappa shape index (κ2) is 5.85. The molecule has 2 rings (SSSR count). The first-order valence-electron chi connectivity index (χ1n) is 5.90. The first-order valence-corrected chi connectivity index (χ1v) is 9.02. The molecule has 1 atom stereocenters. The largest absolute Gasteiger partial charge is 0.399 e. The van der Waals surface area contributed by atoms with Crippen LogP contribution in [0.25, 0.3) is 0 Å². The molecular weight excluding hydrogens is 360 g/mol. The number of anilines is 1. The Labute approximate surface area is 131 Å². The van der Waals surface area contributed by atoms with Crippen LogP contribution in [-0.2, 0) is 10.0 Å². The lowest BCUT2D eigenvalue weighted by Crippen LogP contribution is -2.29. The Morgan fingerprint density at radius 1 is 1.35 bits per heavy atom. The van der Waals surface area contributed by atoms with E-state index < -0.39 is 10.0 Å². The van der Waals surface area contributed by atoms with Gasteiger partial charge in [-0.05, 0) is 52.5 Å². The molecule has 0 saturated carbocycles. The van der Waals surface area contributed by atoms with Crippen molar-refractivity contribution in [3.05, 3.63) is 45.1 Å². The number of hydrogen-bond acceptors (Lipinski definition) is 4. The van der Waals surface area contributed by atoms with Gasteiger partial charge >= 0.3 is 0 Å². The molecule has 0 spiro atoms. The van der Waals surface area contributed by atoms with Gasteiger partial charge < -0.3 is 5.73 Å². The summed E-state index contributed by atoms with van der Waals surface area (Å²) in [7, 11) is -2.03. The summed E-state index contributed by atoms with van der Waals surface area (Å²) in [6.07, 6.45) is 0. The van der Waals surface area contributed by atoms with E-state index in [0.717, 1.165) is 4.88 Å². The van der Waals surface area contributed by atoms with Crippen LogP contribution in [0.4, 0.5) is 5.69 Å². The van der Waals surface area contributed by atoms with Crippen molar-refractivity contribution >= 4 is 43.0 Å². The van der Waals surface area contributed by atoms with Crippen LogP contribution in [0.5, 0.6) is 0 Å². The van der Waals surface area contributed by atoms with E-state index in [1.54, 1.807) is 19.2 Å². The van der Waals surface area contributed by atoms with Gasteiger partial charge in [0.2, 0.25) is 10.0 Å². The molecule has 20 heavy (non-hydrogen) atoms. The van der Waals surface area contributed by atoms with Crippen molar-refractivity contribution in [2.45, 2.75) is 17.9 Å². The molecule has 0 radical (unpaired) electrons. The topological polar surface area (TPSA) is 63.4 Å². The zero-order chi connectivity index (χ0) is 14.9. The molecule has 4 nitrogen and oxygen atoms in total. The molecule has 1 aromatic carbocycles. The maximum Gasteiger partial charge on any atom is 0.244 e. The fourth-order valence-corrected chi connectivity index (χ4v) is 4.98. The Bertz CT molecular complexity index is 699. The average molecular weight is 375 g/mol. The predicted octanol–water partition coefficient (Wildman–Crippen LogP) is 3.47. The van der Waals surface area contributed by atoms with Gasteiger partial charge in [-0.25, -0.2) is 8.42 Å². The van der Waals surface area contributed by atoms with Gasteiger partial charge in [-0.3, -0.25) is 0 Å². The van der Waals surface area contributed by atoms with E-state index in [1.165, 1.54) is 21.7 Å². The summed E-state index contributed by atoms with van der Waals surface area (Å²) in [5, 5.41) is 1.93. The van der Waals surface area contributed by atoms with E-state index in [2.05, 4.69) is 15.9 Å². The second-order valence-corrected chi connectivity index (χ2v) is 8.20. The SMILES string of the molecule is CC(c1cccs1)N(C)S(=O)(=O)c1cc(N)ccc1Br. The highest BCUT2D eigenvalue weighted by atomic mass is 79.9. The zero-order valence-corrected chi connectivity index (χ0v) is 14.3. The number of thiophene rings is 1. The molecule has 0 amide bonds. The Hall–Kier alpha value is -0.890. The molecule has 0 aliphatic rings. The van der Waals surface area contributed by atoms with Crippen LogP contribution in [-0.4, -0.2) is 19.8 Å². The van der Waals surface area contributed by atoms with Crippen LogP contribution < -0.4 is 5.73 Å². The van der Waals surface area contributed by atoms with Crippen molar-refractivity contribution in [1.29, 1.82) is 0 Å². The third-order valence-electron chi connectivity index (χ3n) is 3.11. The molecule has 0 aliphatic heterocycles. The molecule has 2 N–H and O–H groups in total. The standard InChI is InChI=1S/C13H15BrN2O2S2/c1-9(12-4-3-7-19-12)16(2)20(17,18)13-8-10(15)5-6-11(13)14/h3-9H,15H2,1-2H3. The fraction of sp³-hybridized carbons (Fsp3) is 0.231. The predicted molar refractivity (Wildman–Crippen MR) is 86.2 cm³/mol. The normalized spacial score (nSPS) is 13.6. The maximum atomic E-state index is 12.7. The Kier molecular flexibility index (Phi) is 4.53. The van der Waals surface area contributed by atoms with Crippen LogP contribution in [0.3, 0.4) is 0 Å². The molecular formula is C13H15BrN2O2S2. The third kappa shape index (κ3) is 2.90. The quantitative estimate of drug-likeness (QED) is 0.833. The number of nitrogen functional groups attached to an aromatic ring is 1. The summed E-state index contributed by atoms with van der Waals surface area (Å²) in [5.74, 6) is 0. The van der Waals surface area contributed by atoms with Gasteiger partial charge in [-0.1, -0.05) is 6.07 Å². The van der Waals surface area contributed by atoms with Gasteiger partial charge in [0.05, 0.1) is 10.9 Å². The molecule has 0 fully saturated rings. The van der Waals surface area contributed by atoms with Crippen LogP contribution >= 0.6 is 27.3 Å². The monoisotopic (exact) mass is 374 g/mol. The summed E-state index contributed by atoms with van der Waals surface area (Å²) in [6.45, 7) is 1.86. The summed E-state index contributed by atoms with van der Waals surface area (Å²) in [5.41, 5.74) is 6.11. The van der Waals surface area contributed by atoms with E-state index in [1.807, 2.05) is 24.4 Å². The summed E-state index contributed by atoms with van der Waals surface area (Å²) in [6, 6.07) is 8.38.